The van der Waals surface area contributed by atoms with E-state index in [0.29, 0.717) is 11.8 Å². The van der Waals surface area contributed by atoms with E-state index >= 15 is 0 Å². The molecule has 4 aliphatic rings. The minimum Gasteiger partial charge on any atom is -0.427 e. The Labute approximate surface area is 248 Å². The van der Waals surface area contributed by atoms with Gasteiger partial charge in [-0.05, 0) is 88.9 Å². The number of carbonyl (C=O) groups excluding carboxylic acids is 1. The molecule has 3 nitrogen and oxygen atoms in total. The molecular weight excluding hydrogens is 492 g/mol. The molecule has 4 fully saturated rings. The zero-order valence-electron chi connectivity index (χ0n) is 26.5. The van der Waals surface area contributed by atoms with Gasteiger partial charge in [-0.1, -0.05) is 128 Å². The normalized spacial score (nSPS) is 27.6. The number of rotatable bonds is 4. The smallest absolute Gasteiger partial charge is 0.427 e. The van der Waals surface area contributed by atoms with Gasteiger partial charge in [-0.15, -0.1) is 0 Å². The van der Waals surface area contributed by atoms with Gasteiger partial charge >= 0.3 is 6.16 Å². The summed E-state index contributed by atoms with van der Waals surface area (Å²) in [7, 11) is 0. The van der Waals surface area contributed by atoms with Crippen molar-refractivity contribution in [1.82, 2.24) is 0 Å². The first-order chi connectivity index (χ1) is 19.7. The topological polar surface area (TPSA) is 35.5 Å². The van der Waals surface area contributed by atoms with Crippen LogP contribution < -0.4 is 0 Å². The van der Waals surface area contributed by atoms with Crippen molar-refractivity contribution in [2.24, 2.45) is 11.8 Å². The highest BCUT2D eigenvalue weighted by atomic mass is 16.7. The van der Waals surface area contributed by atoms with E-state index in [1.54, 1.807) is 0 Å². The van der Waals surface area contributed by atoms with Gasteiger partial charge in [0.2, 0.25) is 0 Å². The van der Waals surface area contributed by atoms with Gasteiger partial charge in [0, 0.05) is 0 Å². The molecule has 40 heavy (non-hydrogen) atoms. The van der Waals surface area contributed by atoms with Crippen LogP contribution in [0, 0.1) is 11.8 Å². The van der Waals surface area contributed by atoms with Crippen molar-refractivity contribution in [3.05, 3.63) is 0 Å². The van der Waals surface area contributed by atoms with Gasteiger partial charge < -0.3 is 9.47 Å². The third kappa shape index (κ3) is 10.2. The van der Waals surface area contributed by atoms with Crippen LogP contribution in [0.1, 0.15) is 205 Å². The van der Waals surface area contributed by atoms with Gasteiger partial charge in [0.05, 0.1) is 0 Å². The first-order valence-corrected chi connectivity index (χ1v) is 18.6. The molecule has 232 valence electrons. The Balaban J connectivity index is 1.53. The molecule has 0 saturated heterocycles. The van der Waals surface area contributed by atoms with E-state index in [9.17, 15) is 4.79 Å². The Morgan fingerprint density at radius 3 is 0.850 bits per heavy atom. The van der Waals surface area contributed by atoms with Gasteiger partial charge in [-0.2, -0.15) is 0 Å². The van der Waals surface area contributed by atoms with E-state index in [-0.39, 0.29) is 17.4 Å². The fourth-order valence-corrected chi connectivity index (χ4v) is 9.22. The zero-order chi connectivity index (χ0) is 27.8. The molecule has 0 spiro atoms. The summed E-state index contributed by atoms with van der Waals surface area (Å²) in [5.74, 6) is 1.05. The van der Waals surface area contributed by atoms with E-state index in [4.69, 9.17) is 9.47 Å². The number of hydrogen-bond donors (Lipinski definition) is 0. The van der Waals surface area contributed by atoms with Crippen LogP contribution in [0.5, 0.6) is 0 Å². The molecular formula is C37H66O3. The summed E-state index contributed by atoms with van der Waals surface area (Å²) in [6.45, 7) is 0. The lowest BCUT2D eigenvalue weighted by molar-refractivity contribution is -0.137. The maximum absolute atomic E-state index is 14.2. The molecule has 0 aromatic heterocycles. The fourth-order valence-electron chi connectivity index (χ4n) is 9.22. The molecule has 0 N–H and O–H groups in total. The van der Waals surface area contributed by atoms with Crippen molar-refractivity contribution in [2.45, 2.75) is 217 Å². The fraction of sp³-hybridized carbons (Fsp3) is 0.973. The molecule has 4 rings (SSSR count). The highest BCUT2D eigenvalue weighted by Gasteiger charge is 2.46. The SMILES string of the molecule is O=C(OC1(C2CCCCC2)CCCCCCCCCCC1)OC1(C2CCCCC2)CCCCCCCCCCC1. The lowest BCUT2D eigenvalue weighted by atomic mass is 9.71. The second-order valence-electron chi connectivity index (χ2n) is 14.6. The molecule has 0 unspecified atom stereocenters. The number of ether oxygens (including phenoxy) is 2. The van der Waals surface area contributed by atoms with Crippen LogP contribution >= 0.6 is 0 Å². The van der Waals surface area contributed by atoms with Crippen molar-refractivity contribution in [2.75, 3.05) is 0 Å². The minimum absolute atomic E-state index is 0.282. The highest BCUT2D eigenvalue weighted by molar-refractivity contribution is 5.61. The van der Waals surface area contributed by atoms with Crippen molar-refractivity contribution >= 4 is 6.16 Å². The third-order valence-electron chi connectivity index (χ3n) is 11.7. The molecule has 0 radical (unpaired) electrons. The van der Waals surface area contributed by atoms with Crippen LogP contribution in [0.4, 0.5) is 4.79 Å². The molecule has 0 aromatic carbocycles. The zero-order valence-corrected chi connectivity index (χ0v) is 26.5. The molecule has 4 aliphatic carbocycles. The maximum Gasteiger partial charge on any atom is 0.509 e. The second-order valence-corrected chi connectivity index (χ2v) is 14.6. The number of carbonyl (C=O) groups is 1. The van der Waals surface area contributed by atoms with Gasteiger partial charge in [-0.3, -0.25) is 0 Å². The van der Waals surface area contributed by atoms with Crippen LogP contribution in [-0.4, -0.2) is 17.4 Å². The largest absolute Gasteiger partial charge is 0.509 e. The first-order valence-electron chi connectivity index (χ1n) is 18.6. The average Bonchev–Trinajstić information content (AvgIpc) is 2.97. The quantitative estimate of drug-likeness (QED) is 0.322. The lowest BCUT2D eigenvalue weighted by Crippen LogP contribution is -2.48. The van der Waals surface area contributed by atoms with Crippen LogP contribution in [-0.2, 0) is 9.47 Å². The molecule has 0 aromatic rings. The molecule has 0 atom stereocenters. The molecule has 0 bridgehead atoms. The second kappa shape index (κ2) is 18.0. The van der Waals surface area contributed by atoms with Gasteiger partial charge in [0.1, 0.15) is 11.2 Å². The van der Waals surface area contributed by atoms with Crippen LogP contribution in [0.15, 0.2) is 0 Å². The van der Waals surface area contributed by atoms with Crippen LogP contribution in [0.3, 0.4) is 0 Å². The van der Waals surface area contributed by atoms with Crippen molar-refractivity contribution < 1.29 is 14.3 Å². The lowest BCUT2D eigenvalue weighted by Gasteiger charge is -2.45. The number of hydrogen-bond acceptors (Lipinski definition) is 3. The first kappa shape index (κ1) is 32.2. The van der Waals surface area contributed by atoms with E-state index in [1.807, 2.05) is 0 Å². The Kier molecular flexibility index (Phi) is 14.5. The Hall–Kier alpha value is -0.730. The summed E-state index contributed by atoms with van der Waals surface area (Å²) in [4.78, 5) is 14.2. The van der Waals surface area contributed by atoms with E-state index in [0.717, 1.165) is 25.7 Å². The van der Waals surface area contributed by atoms with E-state index in [2.05, 4.69) is 0 Å². The molecule has 0 aliphatic heterocycles. The summed E-state index contributed by atoms with van der Waals surface area (Å²) < 4.78 is 13.7. The summed E-state index contributed by atoms with van der Waals surface area (Å²) >= 11 is 0. The Morgan fingerprint density at radius 2 is 0.575 bits per heavy atom. The molecule has 0 amide bonds. The van der Waals surface area contributed by atoms with E-state index in [1.165, 1.54) is 180 Å². The summed E-state index contributed by atoms with van der Waals surface area (Å²) in [5, 5.41) is 0. The Morgan fingerprint density at radius 1 is 0.350 bits per heavy atom. The summed E-state index contributed by atoms with van der Waals surface area (Å²) in [5.41, 5.74) is -0.592. The Bertz CT molecular complexity index is 595. The highest BCUT2D eigenvalue weighted by Crippen LogP contribution is 2.46. The third-order valence-corrected chi connectivity index (χ3v) is 11.7. The van der Waals surface area contributed by atoms with Crippen molar-refractivity contribution in [3.63, 3.8) is 0 Å². The average molecular weight is 559 g/mol. The van der Waals surface area contributed by atoms with Gasteiger partial charge in [0.25, 0.3) is 0 Å². The standard InChI is InChI=1S/C37H66O3/c38-35(39-36(33-25-17-15-18-26-33)29-21-11-7-3-1-4-8-12-22-30-36)40-37(34-27-19-16-20-28-34)31-23-13-9-5-2-6-10-14-24-32-37/h33-34H,1-32H2. The minimum atomic E-state index is -0.296. The predicted molar refractivity (Wildman–Crippen MR) is 168 cm³/mol. The maximum atomic E-state index is 14.2. The van der Waals surface area contributed by atoms with Gasteiger partial charge in [-0.25, -0.2) is 4.79 Å². The van der Waals surface area contributed by atoms with Gasteiger partial charge in [0.15, 0.2) is 0 Å². The van der Waals surface area contributed by atoms with Crippen LogP contribution in [0.2, 0.25) is 0 Å². The van der Waals surface area contributed by atoms with Crippen molar-refractivity contribution in [1.29, 1.82) is 0 Å². The molecule has 3 heteroatoms. The summed E-state index contributed by atoms with van der Waals surface area (Å²) in [6.07, 6.45) is 40.5. The van der Waals surface area contributed by atoms with E-state index < -0.39 is 0 Å². The molecule has 0 heterocycles. The predicted octanol–water partition coefficient (Wildman–Crippen LogP) is 12.4. The van der Waals surface area contributed by atoms with Crippen LogP contribution in [0.25, 0.3) is 0 Å². The monoisotopic (exact) mass is 559 g/mol. The van der Waals surface area contributed by atoms with Crippen molar-refractivity contribution in [3.8, 4) is 0 Å². The summed E-state index contributed by atoms with van der Waals surface area (Å²) in [6, 6.07) is 0. The molecule has 4 saturated carbocycles.